The van der Waals surface area contributed by atoms with Gasteiger partial charge in [0.05, 0.1) is 6.61 Å². The van der Waals surface area contributed by atoms with Crippen LogP contribution in [0.2, 0.25) is 6.04 Å². The summed E-state index contributed by atoms with van der Waals surface area (Å²) in [6.07, 6.45) is 17.8. The average Bonchev–Trinajstić information content (AvgIpc) is 2.62. The van der Waals surface area contributed by atoms with E-state index >= 15 is 0 Å². The standard InChI is InChI=1S/C22H41F3O2Si/c1-21(2)22(26)27-19-17-15-13-11-9-7-5-3-4-6-8-10-12-14-16-18-20-28(23,24)25/h1,3-20H2,2H3. The lowest BCUT2D eigenvalue weighted by Gasteiger charge is -2.05. The molecule has 28 heavy (non-hydrogen) atoms. The molecule has 2 nitrogen and oxygen atoms in total. The minimum Gasteiger partial charge on any atom is -0.462 e. The van der Waals surface area contributed by atoms with Gasteiger partial charge in [0.15, 0.2) is 0 Å². The summed E-state index contributed by atoms with van der Waals surface area (Å²) in [7, 11) is -5.29. The van der Waals surface area contributed by atoms with Gasteiger partial charge in [0, 0.05) is 11.6 Å². The Hall–Kier alpha value is -0.783. The molecule has 0 aliphatic rings. The van der Waals surface area contributed by atoms with Crippen LogP contribution in [0.1, 0.15) is 110 Å². The Kier molecular flexibility index (Phi) is 17.7. The van der Waals surface area contributed by atoms with E-state index in [4.69, 9.17) is 4.74 Å². The Labute approximate surface area is 171 Å². The summed E-state index contributed by atoms with van der Waals surface area (Å²) in [5.41, 5.74) is 0.459. The van der Waals surface area contributed by atoms with Gasteiger partial charge in [-0.05, 0) is 19.8 Å². The maximum Gasteiger partial charge on any atom is 0.616 e. The number of unbranched alkanes of at least 4 members (excludes halogenated alkanes) is 15. The summed E-state index contributed by atoms with van der Waals surface area (Å²) < 4.78 is 41.5. The molecule has 0 amide bonds. The van der Waals surface area contributed by atoms with Gasteiger partial charge in [-0.2, -0.15) is 0 Å². The molecule has 0 unspecified atom stereocenters. The van der Waals surface area contributed by atoms with E-state index in [1.165, 1.54) is 64.2 Å². The third-order valence-corrected chi connectivity index (χ3v) is 5.86. The predicted molar refractivity (Wildman–Crippen MR) is 114 cm³/mol. The number of hydrogen-bond acceptors (Lipinski definition) is 2. The molecule has 0 aromatic carbocycles. The highest BCUT2D eigenvalue weighted by Crippen LogP contribution is 2.20. The van der Waals surface area contributed by atoms with Gasteiger partial charge in [-0.15, -0.1) is 0 Å². The third kappa shape index (κ3) is 21.5. The number of hydrogen-bond donors (Lipinski definition) is 0. The van der Waals surface area contributed by atoms with Crippen molar-refractivity contribution in [2.24, 2.45) is 0 Å². The summed E-state index contributed by atoms with van der Waals surface area (Å²) in [6, 6.07) is -0.488. The van der Waals surface area contributed by atoms with Crippen molar-refractivity contribution in [3.05, 3.63) is 12.2 Å². The fourth-order valence-electron chi connectivity index (χ4n) is 3.19. The molecular weight excluding hydrogens is 381 g/mol. The second kappa shape index (κ2) is 18.3. The first-order chi connectivity index (χ1) is 13.3. The van der Waals surface area contributed by atoms with Gasteiger partial charge in [0.1, 0.15) is 0 Å². The normalized spacial score (nSPS) is 11.6. The number of halogens is 3. The second-order valence-corrected chi connectivity index (χ2v) is 9.67. The SMILES string of the molecule is C=C(C)C(=O)OCCCCCCCCCCCCCCCCCC[Si](F)(F)F. The molecule has 0 aromatic heterocycles. The molecule has 0 rings (SSSR count). The van der Waals surface area contributed by atoms with Crippen LogP contribution in [0, 0.1) is 0 Å². The van der Waals surface area contributed by atoms with Gasteiger partial charge in [-0.3, -0.25) is 0 Å². The quantitative estimate of drug-likeness (QED) is 0.0650. The molecule has 6 heteroatoms. The van der Waals surface area contributed by atoms with Crippen molar-refractivity contribution in [3.63, 3.8) is 0 Å². The maximum absolute atomic E-state index is 12.1. The fourth-order valence-corrected chi connectivity index (χ4v) is 3.84. The van der Waals surface area contributed by atoms with Crippen LogP contribution in [-0.4, -0.2) is 21.7 Å². The molecule has 0 fully saturated rings. The minimum atomic E-state index is -5.29. The molecule has 0 radical (unpaired) electrons. The van der Waals surface area contributed by atoms with Gasteiger partial charge in [-0.1, -0.05) is 96.5 Å². The summed E-state index contributed by atoms with van der Waals surface area (Å²) in [4.78, 5) is 11.2. The van der Waals surface area contributed by atoms with Crippen molar-refractivity contribution in [1.29, 1.82) is 0 Å². The zero-order valence-electron chi connectivity index (χ0n) is 17.9. The molecule has 0 aliphatic heterocycles. The van der Waals surface area contributed by atoms with Crippen LogP contribution in [0.5, 0.6) is 0 Å². The molecule has 0 aromatic rings. The molecule has 0 heterocycles. The van der Waals surface area contributed by atoms with E-state index in [2.05, 4.69) is 6.58 Å². The summed E-state index contributed by atoms with van der Waals surface area (Å²) in [5.74, 6) is -0.290. The van der Waals surface area contributed by atoms with Crippen LogP contribution in [0.15, 0.2) is 12.2 Å². The van der Waals surface area contributed by atoms with E-state index in [9.17, 15) is 17.1 Å². The molecule has 0 aliphatic carbocycles. The lowest BCUT2D eigenvalue weighted by Crippen LogP contribution is -2.13. The summed E-state index contributed by atoms with van der Waals surface area (Å²) in [5, 5.41) is 0. The number of carbonyl (C=O) groups excluding carboxylic acids is 1. The van der Waals surface area contributed by atoms with Crippen molar-refractivity contribution >= 4 is 15.0 Å². The zero-order valence-corrected chi connectivity index (χ0v) is 18.9. The largest absolute Gasteiger partial charge is 0.616 e. The minimum absolute atomic E-state index is 0.290. The topological polar surface area (TPSA) is 26.3 Å². The van der Waals surface area contributed by atoms with E-state index in [1.54, 1.807) is 6.92 Å². The first-order valence-corrected chi connectivity index (χ1v) is 13.1. The Morgan fingerprint density at radius 3 is 1.32 bits per heavy atom. The Bertz CT molecular complexity index is 398. The molecule has 0 saturated heterocycles. The van der Waals surface area contributed by atoms with Gasteiger partial charge >= 0.3 is 15.0 Å². The van der Waals surface area contributed by atoms with Crippen LogP contribution in [0.25, 0.3) is 0 Å². The second-order valence-electron chi connectivity index (χ2n) is 7.94. The lowest BCUT2D eigenvalue weighted by atomic mass is 10.0. The molecular formula is C22H41F3O2Si. The van der Waals surface area contributed by atoms with Crippen molar-refractivity contribution in [3.8, 4) is 0 Å². The Morgan fingerprint density at radius 2 is 1.00 bits per heavy atom. The van der Waals surface area contributed by atoms with Crippen LogP contribution >= 0.6 is 0 Å². The first-order valence-electron chi connectivity index (χ1n) is 11.2. The number of ether oxygens (including phenoxy) is 1. The van der Waals surface area contributed by atoms with Crippen LogP contribution in [-0.2, 0) is 9.53 Å². The number of carbonyl (C=O) groups is 1. The lowest BCUT2D eigenvalue weighted by molar-refractivity contribution is -0.139. The Morgan fingerprint density at radius 1 is 0.679 bits per heavy atom. The van der Waals surface area contributed by atoms with Crippen LogP contribution < -0.4 is 0 Å². The van der Waals surface area contributed by atoms with Crippen molar-refractivity contribution in [1.82, 2.24) is 0 Å². The number of rotatable bonds is 20. The highest BCUT2D eigenvalue weighted by Gasteiger charge is 2.35. The average molecular weight is 423 g/mol. The molecule has 0 N–H and O–H groups in total. The van der Waals surface area contributed by atoms with E-state index in [0.29, 0.717) is 18.6 Å². The first kappa shape index (κ1) is 27.2. The smallest absolute Gasteiger partial charge is 0.462 e. The molecule has 0 spiro atoms. The van der Waals surface area contributed by atoms with E-state index in [-0.39, 0.29) is 5.97 Å². The van der Waals surface area contributed by atoms with E-state index in [1.807, 2.05) is 0 Å². The molecule has 0 saturated carbocycles. The molecule has 0 bridgehead atoms. The van der Waals surface area contributed by atoms with E-state index in [0.717, 1.165) is 32.1 Å². The van der Waals surface area contributed by atoms with Gasteiger partial charge in [-0.25, -0.2) is 17.1 Å². The predicted octanol–water partition coefficient (Wildman–Crippen LogP) is 8.19. The third-order valence-electron chi connectivity index (χ3n) is 4.94. The number of esters is 1. The van der Waals surface area contributed by atoms with E-state index < -0.39 is 15.1 Å². The maximum atomic E-state index is 12.1. The summed E-state index contributed by atoms with van der Waals surface area (Å²) in [6.45, 7) is 5.72. The van der Waals surface area contributed by atoms with Crippen molar-refractivity contribution < 1.29 is 21.9 Å². The van der Waals surface area contributed by atoms with Crippen LogP contribution in [0.4, 0.5) is 12.3 Å². The highest BCUT2D eigenvalue weighted by molar-refractivity contribution is 6.58. The highest BCUT2D eigenvalue weighted by atomic mass is 28.5. The zero-order chi connectivity index (χ0) is 21.1. The fraction of sp³-hybridized carbons (Fsp3) is 0.864. The monoisotopic (exact) mass is 422 g/mol. The van der Waals surface area contributed by atoms with Crippen LogP contribution in [0.3, 0.4) is 0 Å². The van der Waals surface area contributed by atoms with Gasteiger partial charge in [0.25, 0.3) is 0 Å². The van der Waals surface area contributed by atoms with Crippen molar-refractivity contribution in [2.75, 3.05) is 6.61 Å². The van der Waals surface area contributed by atoms with Gasteiger partial charge < -0.3 is 4.74 Å². The van der Waals surface area contributed by atoms with Gasteiger partial charge in [0.2, 0.25) is 0 Å². The Balaban J connectivity index is 3.10. The van der Waals surface area contributed by atoms with Crippen molar-refractivity contribution in [2.45, 2.75) is 116 Å². The molecule has 0 atom stereocenters. The summed E-state index contributed by atoms with van der Waals surface area (Å²) >= 11 is 0. The molecule has 166 valence electrons.